The number of nitrogens with zero attached hydrogens (tertiary/aromatic N) is 3. The van der Waals surface area contributed by atoms with Crippen LogP contribution in [0.15, 0.2) is 0 Å². The van der Waals surface area contributed by atoms with Gasteiger partial charge in [-0.1, -0.05) is 27.7 Å². The minimum absolute atomic E-state index is 0.106. The van der Waals surface area contributed by atoms with Crippen molar-refractivity contribution < 1.29 is 5.11 Å². The molecule has 0 radical (unpaired) electrons. The normalized spacial score (nSPS) is 33.9. The Kier molecular flexibility index (Phi) is 4.34. The van der Waals surface area contributed by atoms with E-state index in [9.17, 15) is 5.11 Å². The maximum atomic E-state index is 10.1. The lowest BCUT2D eigenvalue weighted by Crippen LogP contribution is -2.78. The second kappa shape index (κ2) is 5.80. The Morgan fingerprint density at radius 1 is 0.952 bits per heavy atom. The largest absolute Gasteiger partial charge is 0.392 e. The first kappa shape index (κ1) is 15.7. The second-order valence-electron chi connectivity index (χ2n) is 8.57. The summed E-state index contributed by atoms with van der Waals surface area (Å²) in [5.41, 5.74) is 0.324. The van der Waals surface area contributed by atoms with Gasteiger partial charge in [-0.3, -0.25) is 14.7 Å². The average molecular weight is 295 g/mol. The summed E-state index contributed by atoms with van der Waals surface area (Å²) in [5, 5.41) is 10.1. The number of likely N-dealkylation sites (tertiary alicyclic amines) is 1. The molecule has 3 fully saturated rings. The molecule has 3 heterocycles. The van der Waals surface area contributed by atoms with Crippen molar-refractivity contribution in [2.75, 3.05) is 45.8 Å². The standard InChI is InChI=1S/C17H33N3O/c1-13(2)6-18-8-15-5-16(21)9-20(15)17(10-18)11-19(12-17)7-14(3)4/h13-16,21H,5-12H2,1-4H3/t15-,16+/m0/s1. The summed E-state index contributed by atoms with van der Waals surface area (Å²) in [5.74, 6) is 1.48. The Balaban J connectivity index is 1.68. The monoisotopic (exact) mass is 295 g/mol. The quantitative estimate of drug-likeness (QED) is 0.841. The predicted octanol–water partition coefficient (Wildman–Crippen LogP) is 1.10. The SMILES string of the molecule is CC(C)CN1C[C@@H]2C[C@@H](O)CN2C2(C1)CN(CC(C)C)C2. The summed E-state index contributed by atoms with van der Waals surface area (Å²) in [4.78, 5) is 7.92. The third-order valence-corrected chi connectivity index (χ3v) is 5.27. The molecule has 2 atom stereocenters. The summed E-state index contributed by atoms with van der Waals surface area (Å²) in [6, 6.07) is 0.578. The molecule has 4 heteroatoms. The highest BCUT2D eigenvalue weighted by Gasteiger charge is 2.55. The van der Waals surface area contributed by atoms with Gasteiger partial charge in [-0.2, -0.15) is 0 Å². The predicted molar refractivity (Wildman–Crippen MR) is 86.4 cm³/mol. The van der Waals surface area contributed by atoms with Crippen molar-refractivity contribution in [1.82, 2.24) is 14.7 Å². The zero-order chi connectivity index (χ0) is 15.2. The van der Waals surface area contributed by atoms with Crippen molar-refractivity contribution in [3.8, 4) is 0 Å². The minimum Gasteiger partial charge on any atom is -0.392 e. The van der Waals surface area contributed by atoms with Gasteiger partial charge in [0.2, 0.25) is 0 Å². The van der Waals surface area contributed by atoms with E-state index < -0.39 is 0 Å². The van der Waals surface area contributed by atoms with E-state index in [2.05, 4.69) is 42.4 Å². The molecule has 0 aromatic carbocycles. The minimum atomic E-state index is -0.106. The molecule has 0 unspecified atom stereocenters. The molecule has 0 bridgehead atoms. The molecular weight excluding hydrogens is 262 g/mol. The third kappa shape index (κ3) is 3.14. The first-order valence-corrected chi connectivity index (χ1v) is 8.77. The lowest BCUT2D eigenvalue weighted by atomic mass is 9.83. The number of aliphatic hydroxyl groups excluding tert-OH is 1. The van der Waals surface area contributed by atoms with E-state index in [-0.39, 0.29) is 6.10 Å². The number of hydrogen-bond donors (Lipinski definition) is 1. The molecular formula is C17H33N3O. The van der Waals surface area contributed by atoms with E-state index in [1.165, 1.54) is 32.7 Å². The van der Waals surface area contributed by atoms with Crippen LogP contribution >= 0.6 is 0 Å². The van der Waals surface area contributed by atoms with Gasteiger partial charge in [0.1, 0.15) is 0 Å². The fourth-order valence-electron chi connectivity index (χ4n) is 4.88. The van der Waals surface area contributed by atoms with Crippen LogP contribution in [-0.2, 0) is 0 Å². The van der Waals surface area contributed by atoms with Crippen LogP contribution in [0, 0.1) is 11.8 Å². The van der Waals surface area contributed by atoms with Crippen LogP contribution < -0.4 is 0 Å². The Bertz CT molecular complexity index is 365. The highest BCUT2D eigenvalue weighted by atomic mass is 16.3. The van der Waals surface area contributed by atoms with Gasteiger partial charge < -0.3 is 5.11 Å². The Hall–Kier alpha value is -0.160. The number of hydrogen-bond acceptors (Lipinski definition) is 4. The van der Waals surface area contributed by atoms with Gasteiger partial charge in [-0.05, 0) is 18.3 Å². The first-order valence-electron chi connectivity index (χ1n) is 8.77. The molecule has 122 valence electrons. The van der Waals surface area contributed by atoms with Crippen LogP contribution in [0.25, 0.3) is 0 Å². The van der Waals surface area contributed by atoms with E-state index in [0.29, 0.717) is 11.6 Å². The Labute approximate surface area is 130 Å². The number of rotatable bonds is 4. The molecule has 3 aliphatic heterocycles. The van der Waals surface area contributed by atoms with Gasteiger partial charge in [0, 0.05) is 51.9 Å². The summed E-state index contributed by atoms with van der Waals surface area (Å²) in [7, 11) is 0. The fourth-order valence-corrected chi connectivity index (χ4v) is 4.88. The van der Waals surface area contributed by atoms with Crippen molar-refractivity contribution in [3.05, 3.63) is 0 Å². The molecule has 0 saturated carbocycles. The van der Waals surface area contributed by atoms with Crippen molar-refractivity contribution in [3.63, 3.8) is 0 Å². The van der Waals surface area contributed by atoms with Gasteiger partial charge in [0.05, 0.1) is 11.6 Å². The molecule has 3 aliphatic rings. The summed E-state index contributed by atoms with van der Waals surface area (Å²) < 4.78 is 0. The Morgan fingerprint density at radius 3 is 2.14 bits per heavy atom. The number of fused-ring (bicyclic) bond motifs is 2. The first-order chi connectivity index (χ1) is 9.88. The fraction of sp³-hybridized carbons (Fsp3) is 1.00. The lowest BCUT2D eigenvalue weighted by Gasteiger charge is -2.61. The molecule has 0 amide bonds. The van der Waals surface area contributed by atoms with E-state index >= 15 is 0 Å². The van der Waals surface area contributed by atoms with Gasteiger partial charge >= 0.3 is 0 Å². The Morgan fingerprint density at radius 2 is 1.52 bits per heavy atom. The molecule has 0 aromatic heterocycles. The van der Waals surface area contributed by atoms with Crippen molar-refractivity contribution in [2.24, 2.45) is 11.8 Å². The van der Waals surface area contributed by atoms with E-state index in [1.54, 1.807) is 0 Å². The van der Waals surface area contributed by atoms with Crippen molar-refractivity contribution in [2.45, 2.75) is 51.8 Å². The smallest absolute Gasteiger partial charge is 0.0682 e. The zero-order valence-corrected chi connectivity index (χ0v) is 14.3. The zero-order valence-electron chi connectivity index (χ0n) is 14.3. The molecule has 1 N–H and O–H groups in total. The van der Waals surface area contributed by atoms with Crippen LogP contribution in [0.4, 0.5) is 0 Å². The maximum Gasteiger partial charge on any atom is 0.0682 e. The van der Waals surface area contributed by atoms with Crippen LogP contribution in [0.5, 0.6) is 0 Å². The van der Waals surface area contributed by atoms with E-state index in [4.69, 9.17) is 0 Å². The molecule has 1 spiro atoms. The van der Waals surface area contributed by atoms with Crippen molar-refractivity contribution >= 4 is 0 Å². The molecule has 0 aliphatic carbocycles. The summed E-state index contributed by atoms with van der Waals surface area (Å²) in [6.45, 7) is 17.3. The van der Waals surface area contributed by atoms with Gasteiger partial charge in [0.25, 0.3) is 0 Å². The summed E-state index contributed by atoms with van der Waals surface area (Å²) in [6.07, 6.45) is 0.866. The number of aliphatic hydroxyl groups is 1. The maximum absolute atomic E-state index is 10.1. The van der Waals surface area contributed by atoms with E-state index in [0.717, 1.165) is 31.3 Å². The number of piperazine rings is 1. The average Bonchev–Trinajstić information content (AvgIpc) is 2.66. The molecule has 3 saturated heterocycles. The van der Waals surface area contributed by atoms with Crippen LogP contribution in [0.2, 0.25) is 0 Å². The van der Waals surface area contributed by atoms with Crippen LogP contribution in [-0.4, -0.2) is 83.3 Å². The summed E-state index contributed by atoms with van der Waals surface area (Å²) >= 11 is 0. The van der Waals surface area contributed by atoms with Gasteiger partial charge in [-0.15, -0.1) is 0 Å². The molecule has 4 nitrogen and oxygen atoms in total. The number of β-amino-alcohol motifs (C(OH)–C–C–N with tert-alkyl or cyclic N) is 1. The highest BCUT2D eigenvalue weighted by molar-refractivity contribution is 5.13. The topological polar surface area (TPSA) is 30.0 Å². The van der Waals surface area contributed by atoms with Crippen LogP contribution in [0.1, 0.15) is 34.1 Å². The molecule has 0 aromatic rings. The second-order valence-corrected chi connectivity index (χ2v) is 8.57. The highest BCUT2D eigenvalue weighted by Crippen LogP contribution is 2.39. The van der Waals surface area contributed by atoms with Gasteiger partial charge in [0.15, 0.2) is 0 Å². The lowest BCUT2D eigenvalue weighted by molar-refractivity contribution is -0.117. The van der Waals surface area contributed by atoms with E-state index in [1.807, 2.05) is 0 Å². The van der Waals surface area contributed by atoms with Crippen molar-refractivity contribution in [1.29, 1.82) is 0 Å². The van der Waals surface area contributed by atoms with Gasteiger partial charge in [-0.25, -0.2) is 0 Å². The van der Waals surface area contributed by atoms with Crippen LogP contribution in [0.3, 0.4) is 0 Å². The third-order valence-electron chi connectivity index (χ3n) is 5.27. The molecule has 21 heavy (non-hydrogen) atoms. The molecule has 3 rings (SSSR count).